The highest BCUT2D eigenvalue weighted by molar-refractivity contribution is 6.31. The minimum Gasteiger partial charge on any atom is -0.496 e. The summed E-state index contributed by atoms with van der Waals surface area (Å²) in [4.78, 5) is 0. The monoisotopic (exact) mass is 250 g/mol. The first-order chi connectivity index (χ1) is 8.11. The van der Waals surface area contributed by atoms with E-state index >= 15 is 0 Å². The van der Waals surface area contributed by atoms with Crippen LogP contribution in [0.3, 0.4) is 0 Å². The summed E-state index contributed by atoms with van der Waals surface area (Å²) >= 11 is 6.03. The Balaban J connectivity index is 2.65. The maximum absolute atomic E-state index is 6.03. The van der Waals surface area contributed by atoms with Crippen molar-refractivity contribution in [1.29, 1.82) is 0 Å². The van der Waals surface area contributed by atoms with Crippen LogP contribution in [0.1, 0.15) is 13.8 Å². The van der Waals surface area contributed by atoms with E-state index in [4.69, 9.17) is 21.1 Å². The molecule has 2 aromatic rings. The summed E-state index contributed by atoms with van der Waals surface area (Å²) in [6.45, 7) is 4.00. The molecule has 90 valence electrons. The number of halogens is 1. The highest BCUT2D eigenvalue weighted by Gasteiger charge is 2.09. The van der Waals surface area contributed by atoms with Gasteiger partial charge in [-0.05, 0) is 44.2 Å². The Morgan fingerprint density at radius 1 is 1.00 bits per heavy atom. The third-order valence-corrected chi connectivity index (χ3v) is 2.72. The second-order valence-corrected chi connectivity index (χ2v) is 4.56. The van der Waals surface area contributed by atoms with Crippen LogP contribution >= 0.6 is 11.6 Å². The quantitative estimate of drug-likeness (QED) is 0.809. The largest absolute Gasteiger partial charge is 0.496 e. The minimum atomic E-state index is 0.130. The van der Waals surface area contributed by atoms with Crippen molar-refractivity contribution in [2.45, 2.75) is 20.0 Å². The third-order valence-electron chi connectivity index (χ3n) is 2.48. The van der Waals surface area contributed by atoms with Gasteiger partial charge in [0.05, 0.1) is 13.2 Å². The molecule has 0 radical (unpaired) electrons. The fraction of sp³-hybridized carbons (Fsp3) is 0.286. The number of ether oxygens (including phenoxy) is 2. The molecule has 0 aliphatic rings. The van der Waals surface area contributed by atoms with Crippen molar-refractivity contribution in [1.82, 2.24) is 0 Å². The molecule has 0 atom stereocenters. The SMILES string of the molecule is COc1ccc(OC(C)C)c2cc(Cl)ccc12. The Bertz CT molecular complexity index is 535. The maximum atomic E-state index is 6.03. The molecule has 0 unspecified atom stereocenters. The van der Waals surface area contributed by atoms with Gasteiger partial charge in [-0.15, -0.1) is 0 Å². The van der Waals surface area contributed by atoms with Crippen LogP contribution in [-0.2, 0) is 0 Å². The molecule has 0 heterocycles. The Morgan fingerprint density at radius 2 is 1.71 bits per heavy atom. The van der Waals surface area contributed by atoms with E-state index in [0.717, 1.165) is 22.3 Å². The van der Waals surface area contributed by atoms with Crippen molar-refractivity contribution in [3.8, 4) is 11.5 Å². The molecule has 0 spiro atoms. The lowest BCUT2D eigenvalue weighted by molar-refractivity contribution is 0.245. The van der Waals surface area contributed by atoms with E-state index in [1.54, 1.807) is 7.11 Å². The number of benzene rings is 2. The summed E-state index contributed by atoms with van der Waals surface area (Å²) in [6, 6.07) is 9.53. The first-order valence-electron chi connectivity index (χ1n) is 5.54. The Kier molecular flexibility index (Phi) is 3.43. The summed E-state index contributed by atoms with van der Waals surface area (Å²) in [5.74, 6) is 1.66. The molecule has 17 heavy (non-hydrogen) atoms. The van der Waals surface area contributed by atoms with Crippen molar-refractivity contribution >= 4 is 22.4 Å². The number of hydrogen-bond donors (Lipinski definition) is 0. The molecule has 0 fully saturated rings. The lowest BCUT2D eigenvalue weighted by atomic mass is 10.1. The molecule has 0 aliphatic heterocycles. The molecule has 2 aromatic carbocycles. The van der Waals surface area contributed by atoms with Gasteiger partial charge in [-0.3, -0.25) is 0 Å². The van der Waals surface area contributed by atoms with Gasteiger partial charge in [-0.2, -0.15) is 0 Å². The fourth-order valence-electron chi connectivity index (χ4n) is 1.80. The Hall–Kier alpha value is -1.41. The first kappa shape index (κ1) is 12.1. The molecule has 0 saturated carbocycles. The molecule has 2 nitrogen and oxygen atoms in total. The zero-order valence-corrected chi connectivity index (χ0v) is 10.9. The average molecular weight is 251 g/mol. The number of methoxy groups -OCH3 is 1. The minimum absolute atomic E-state index is 0.130. The van der Waals surface area contributed by atoms with Gasteiger partial charge in [0.15, 0.2) is 0 Å². The molecule has 0 aliphatic carbocycles. The number of fused-ring (bicyclic) bond motifs is 1. The van der Waals surface area contributed by atoms with Gasteiger partial charge in [-0.1, -0.05) is 11.6 Å². The van der Waals surface area contributed by atoms with E-state index in [9.17, 15) is 0 Å². The van der Waals surface area contributed by atoms with Gasteiger partial charge in [0.1, 0.15) is 11.5 Å². The van der Waals surface area contributed by atoms with Crippen molar-refractivity contribution in [3.63, 3.8) is 0 Å². The van der Waals surface area contributed by atoms with E-state index < -0.39 is 0 Å². The second kappa shape index (κ2) is 4.84. The zero-order valence-electron chi connectivity index (χ0n) is 10.2. The molecule has 0 saturated heterocycles. The van der Waals surface area contributed by atoms with Crippen molar-refractivity contribution in [2.75, 3.05) is 7.11 Å². The highest BCUT2D eigenvalue weighted by atomic mass is 35.5. The van der Waals surface area contributed by atoms with Crippen LogP contribution in [0, 0.1) is 0 Å². The molecular weight excluding hydrogens is 236 g/mol. The van der Waals surface area contributed by atoms with E-state index in [-0.39, 0.29) is 6.10 Å². The van der Waals surface area contributed by atoms with E-state index in [0.29, 0.717) is 5.02 Å². The van der Waals surface area contributed by atoms with Gasteiger partial charge in [-0.25, -0.2) is 0 Å². The Labute approximate surface area is 106 Å². The summed E-state index contributed by atoms with van der Waals surface area (Å²) in [5, 5.41) is 2.68. The summed E-state index contributed by atoms with van der Waals surface area (Å²) in [5.41, 5.74) is 0. The third kappa shape index (κ3) is 2.47. The topological polar surface area (TPSA) is 18.5 Å². The van der Waals surface area contributed by atoms with Crippen LogP contribution < -0.4 is 9.47 Å². The van der Waals surface area contributed by atoms with Gasteiger partial charge >= 0.3 is 0 Å². The zero-order chi connectivity index (χ0) is 12.4. The van der Waals surface area contributed by atoms with Crippen LogP contribution in [0.15, 0.2) is 30.3 Å². The second-order valence-electron chi connectivity index (χ2n) is 4.12. The molecule has 3 heteroatoms. The molecular formula is C14H15ClO2. The lowest BCUT2D eigenvalue weighted by Gasteiger charge is -2.14. The number of rotatable bonds is 3. The van der Waals surface area contributed by atoms with Crippen LogP contribution in [0.25, 0.3) is 10.8 Å². The van der Waals surface area contributed by atoms with Gasteiger partial charge in [0, 0.05) is 15.8 Å². The van der Waals surface area contributed by atoms with E-state index in [1.807, 2.05) is 44.2 Å². The molecule has 0 bridgehead atoms. The fourth-order valence-corrected chi connectivity index (χ4v) is 1.97. The van der Waals surface area contributed by atoms with Crippen molar-refractivity contribution in [3.05, 3.63) is 35.4 Å². The average Bonchev–Trinajstić information content (AvgIpc) is 2.29. The first-order valence-corrected chi connectivity index (χ1v) is 5.92. The van der Waals surface area contributed by atoms with Crippen molar-refractivity contribution < 1.29 is 9.47 Å². The maximum Gasteiger partial charge on any atom is 0.127 e. The standard InChI is InChI=1S/C14H15ClO2/c1-9(2)17-14-7-6-13(16-3)11-5-4-10(15)8-12(11)14/h4-9H,1-3H3. The predicted octanol–water partition coefficient (Wildman–Crippen LogP) is 4.29. The Morgan fingerprint density at radius 3 is 2.35 bits per heavy atom. The summed E-state index contributed by atoms with van der Waals surface area (Å²) in [7, 11) is 1.66. The number of hydrogen-bond acceptors (Lipinski definition) is 2. The normalized spacial score (nSPS) is 10.9. The van der Waals surface area contributed by atoms with Crippen LogP contribution in [0.5, 0.6) is 11.5 Å². The molecule has 2 rings (SSSR count). The predicted molar refractivity (Wildman–Crippen MR) is 71.3 cm³/mol. The summed E-state index contributed by atoms with van der Waals surface area (Å²) in [6.07, 6.45) is 0.130. The van der Waals surface area contributed by atoms with Gasteiger partial charge < -0.3 is 9.47 Å². The smallest absolute Gasteiger partial charge is 0.127 e. The molecule has 0 N–H and O–H groups in total. The summed E-state index contributed by atoms with van der Waals surface area (Å²) < 4.78 is 11.1. The highest BCUT2D eigenvalue weighted by Crippen LogP contribution is 2.35. The van der Waals surface area contributed by atoms with Gasteiger partial charge in [0.2, 0.25) is 0 Å². The van der Waals surface area contributed by atoms with E-state index in [2.05, 4.69) is 0 Å². The van der Waals surface area contributed by atoms with Crippen molar-refractivity contribution in [2.24, 2.45) is 0 Å². The van der Waals surface area contributed by atoms with E-state index in [1.165, 1.54) is 0 Å². The van der Waals surface area contributed by atoms with Gasteiger partial charge in [0.25, 0.3) is 0 Å². The van der Waals surface area contributed by atoms with Crippen LogP contribution in [0.4, 0.5) is 0 Å². The van der Waals surface area contributed by atoms with Crippen LogP contribution in [0.2, 0.25) is 5.02 Å². The lowest BCUT2D eigenvalue weighted by Crippen LogP contribution is -2.05. The molecule has 0 amide bonds. The van der Waals surface area contributed by atoms with Crippen LogP contribution in [-0.4, -0.2) is 13.2 Å². The molecule has 0 aromatic heterocycles.